The number of halogens is 2. The first-order valence-corrected chi connectivity index (χ1v) is 7.81. The zero-order chi connectivity index (χ0) is 16.3. The van der Waals surface area contributed by atoms with Crippen molar-refractivity contribution in [3.63, 3.8) is 0 Å². The van der Waals surface area contributed by atoms with E-state index in [1.807, 2.05) is 13.8 Å². The van der Waals surface area contributed by atoms with Gasteiger partial charge in [0.2, 0.25) is 10.0 Å². The van der Waals surface area contributed by atoms with Gasteiger partial charge in [0.15, 0.2) is 5.82 Å². The van der Waals surface area contributed by atoms with Gasteiger partial charge in [0.1, 0.15) is 16.4 Å². The molecule has 0 amide bonds. The van der Waals surface area contributed by atoms with Crippen molar-refractivity contribution in [1.82, 2.24) is 4.72 Å². The van der Waals surface area contributed by atoms with Crippen molar-refractivity contribution < 1.29 is 21.9 Å². The average Bonchev–Trinajstić information content (AvgIpc) is 2.40. The van der Waals surface area contributed by atoms with Gasteiger partial charge >= 0.3 is 0 Å². The van der Waals surface area contributed by atoms with Gasteiger partial charge in [-0.3, -0.25) is 0 Å². The Morgan fingerprint density at radius 3 is 2.52 bits per heavy atom. The van der Waals surface area contributed by atoms with Crippen LogP contribution in [0.1, 0.15) is 20.3 Å². The Hall–Kier alpha value is -1.25. The molecule has 8 heteroatoms. The Kier molecular flexibility index (Phi) is 5.66. The van der Waals surface area contributed by atoms with Crippen LogP contribution < -0.4 is 10.5 Å². The summed E-state index contributed by atoms with van der Waals surface area (Å²) in [5.74, 6) is -2.27. The number of nitrogens with one attached hydrogen (secondary N) is 1. The van der Waals surface area contributed by atoms with Crippen molar-refractivity contribution in [2.24, 2.45) is 5.41 Å². The molecule has 3 N–H and O–H groups in total. The summed E-state index contributed by atoms with van der Waals surface area (Å²) in [5.41, 5.74) is 3.99. The highest BCUT2D eigenvalue weighted by molar-refractivity contribution is 7.89. The van der Waals surface area contributed by atoms with Gasteiger partial charge in [-0.15, -0.1) is 0 Å². The van der Waals surface area contributed by atoms with Crippen molar-refractivity contribution in [1.29, 1.82) is 0 Å². The van der Waals surface area contributed by atoms with Crippen LogP contribution in [0.4, 0.5) is 14.5 Å². The molecule has 0 aromatic heterocycles. The second kappa shape index (κ2) is 6.67. The standard InChI is InChI=1S/C13H20F2N2O3S/c1-13(2,6-7-20-3)8-17-21(18,19)10-5-4-9(14)12(16)11(10)15/h4-5,17H,6-8,16H2,1-3H3. The molecule has 1 rings (SSSR count). The first-order chi connectivity index (χ1) is 9.60. The van der Waals surface area contributed by atoms with Crippen molar-refractivity contribution in [2.75, 3.05) is 26.0 Å². The lowest BCUT2D eigenvalue weighted by atomic mass is 9.90. The Labute approximate surface area is 123 Å². The quantitative estimate of drug-likeness (QED) is 0.751. The second-order valence-corrected chi connectivity index (χ2v) is 7.24. The summed E-state index contributed by atoms with van der Waals surface area (Å²) >= 11 is 0. The molecule has 0 fully saturated rings. The normalized spacial score (nSPS) is 12.6. The first-order valence-electron chi connectivity index (χ1n) is 6.33. The zero-order valence-electron chi connectivity index (χ0n) is 12.2. The number of rotatable bonds is 7. The lowest BCUT2D eigenvalue weighted by Crippen LogP contribution is -2.35. The van der Waals surface area contributed by atoms with Gasteiger partial charge in [0.25, 0.3) is 0 Å². The summed E-state index contributed by atoms with van der Waals surface area (Å²) in [4.78, 5) is -0.663. The number of nitrogens with two attached hydrogens (primary N) is 1. The lowest BCUT2D eigenvalue weighted by Gasteiger charge is -2.24. The summed E-state index contributed by atoms with van der Waals surface area (Å²) in [6, 6.07) is 1.68. The summed E-state index contributed by atoms with van der Waals surface area (Å²) in [6.45, 7) is 4.27. The topological polar surface area (TPSA) is 81.4 Å². The molecule has 1 aromatic rings. The van der Waals surface area contributed by atoms with Gasteiger partial charge in [-0.25, -0.2) is 21.9 Å². The number of hydrogen-bond acceptors (Lipinski definition) is 4. The predicted octanol–water partition coefficient (Wildman–Crippen LogP) is 1.89. The van der Waals surface area contributed by atoms with Crippen molar-refractivity contribution in [3.05, 3.63) is 23.8 Å². The molecule has 0 aliphatic heterocycles. The van der Waals surface area contributed by atoms with E-state index in [2.05, 4.69) is 4.72 Å². The Morgan fingerprint density at radius 2 is 1.95 bits per heavy atom. The maximum atomic E-state index is 13.8. The van der Waals surface area contributed by atoms with E-state index >= 15 is 0 Å². The third-order valence-electron chi connectivity index (χ3n) is 3.10. The monoisotopic (exact) mass is 322 g/mol. The number of sulfonamides is 1. The number of hydrogen-bond donors (Lipinski definition) is 2. The van der Waals surface area contributed by atoms with E-state index in [0.29, 0.717) is 13.0 Å². The van der Waals surface area contributed by atoms with Crippen LogP contribution in [-0.2, 0) is 14.8 Å². The van der Waals surface area contributed by atoms with E-state index < -0.39 is 32.2 Å². The molecule has 0 bridgehead atoms. The minimum atomic E-state index is -4.10. The fourth-order valence-corrected chi connectivity index (χ4v) is 2.92. The van der Waals surface area contributed by atoms with E-state index in [1.165, 1.54) is 0 Å². The van der Waals surface area contributed by atoms with Gasteiger partial charge in [-0.2, -0.15) is 0 Å². The average molecular weight is 322 g/mol. The molecule has 0 saturated heterocycles. The van der Waals surface area contributed by atoms with Gasteiger partial charge in [-0.05, 0) is 24.0 Å². The maximum Gasteiger partial charge on any atom is 0.243 e. The third-order valence-corrected chi connectivity index (χ3v) is 4.52. The molecule has 21 heavy (non-hydrogen) atoms. The van der Waals surface area contributed by atoms with E-state index in [0.717, 1.165) is 12.1 Å². The highest BCUT2D eigenvalue weighted by Crippen LogP contribution is 2.24. The molecule has 0 saturated carbocycles. The fraction of sp³-hybridized carbons (Fsp3) is 0.538. The predicted molar refractivity (Wildman–Crippen MR) is 76.2 cm³/mol. The lowest BCUT2D eigenvalue weighted by molar-refractivity contribution is 0.153. The smallest absolute Gasteiger partial charge is 0.243 e. The second-order valence-electron chi connectivity index (χ2n) is 5.50. The van der Waals surface area contributed by atoms with E-state index in [1.54, 1.807) is 7.11 Å². The Morgan fingerprint density at radius 1 is 1.33 bits per heavy atom. The van der Waals surface area contributed by atoms with Crippen LogP contribution >= 0.6 is 0 Å². The number of ether oxygens (including phenoxy) is 1. The Balaban J connectivity index is 2.91. The van der Waals surface area contributed by atoms with Gasteiger partial charge in [0.05, 0.1) is 0 Å². The molecule has 0 unspecified atom stereocenters. The maximum absolute atomic E-state index is 13.8. The molecule has 0 spiro atoms. The summed E-state index contributed by atoms with van der Waals surface area (Å²) < 4.78 is 58.3. The molecular weight excluding hydrogens is 302 g/mol. The molecule has 0 atom stereocenters. The Bertz CT molecular complexity index is 604. The van der Waals surface area contributed by atoms with Crippen molar-refractivity contribution in [2.45, 2.75) is 25.2 Å². The molecule has 0 aliphatic rings. The molecular formula is C13H20F2N2O3S. The van der Waals surface area contributed by atoms with Gasteiger partial charge in [-0.1, -0.05) is 13.8 Å². The summed E-state index contributed by atoms with van der Waals surface area (Å²) in [7, 11) is -2.55. The minimum absolute atomic E-state index is 0.0927. The van der Waals surface area contributed by atoms with Gasteiger partial charge < -0.3 is 10.5 Å². The van der Waals surface area contributed by atoms with E-state index in [4.69, 9.17) is 10.5 Å². The van der Waals surface area contributed by atoms with Crippen molar-refractivity contribution >= 4 is 15.7 Å². The van der Waals surface area contributed by atoms with Crippen LogP contribution in [0.2, 0.25) is 0 Å². The van der Waals surface area contributed by atoms with Crippen LogP contribution in [-0.4, -0.2) is 28.7 Å². The fourth-order valence-electron chi connectivity index (χ4n) is 1.59. The van der Waals surface area contributed by atoms with Crippen LogP contribution in [0.3, 0.4) is 0 Å². The van der Waals surface area contributed by atoms with Gasteiger partial charge in [0, 0.05) is 20.3 Å². The largest absolute Gasteiger partial charge is 0.394 e. The van der Waals surface area contributed by atoms with E-state index in [-0.39, 0.29) is 12.0 Å². The molecule has 5 nitrogen and oxygen atoms in total. The van der Waals surface area contributed by atoms with Crippen LogP contribution in [0.25, 0.3) is 0 Å². The first kappa shape index (κ1) is 17.8. The number of anilines is 1. The minimum Gasteiger partial charge on any atom is -0.394 e. The highest BCUT2D eigenvalue weighted by atomic mass is 32.2. The van der Waals surface area contributed by atoms with Crippen LogP contribution in [0.5, 0.6) is 0 Å². The highest BCUT2D eigenvalue weighted by Gasteiger charge is 2.26. The third kappa shape index (κ3) is 4.62. The molecule has 120 valence electrons. The number of benzene rings is 1. The molecule has 0 aliphatic carbocycles. The van der Waals surface area contributed by atoms with E-state index in [9.17, 15) is 17.2 Å². The zero-order valence-corrected chi connectivity index (χ0v) is 13.1. The molecule has 0 heterocycles. The number of methoxy groups -OCH3 is 1. The number of nitrogen functional groups attached to an aromatic ring is 1. The van der Waals surface area contributed by atoms with Crippen LogP contribution in [0.15, 0.2) is 17.0 Å². The molecule has 0 radical (unpaired) electrons. The SMILES string of the molecule is COCCC(C)(C)CNS(=O)(=O)c1ccc(F)c(N)c1F. The molecule has 1 aromatic carbocycles. The summed E-state index contributed by atoms with van der Waals surface area (Å²) in [5, 5.41) is 0. The van der Waals surface area contributed by atoms with Crippen molar-refractivity contribution in [3.8, 4) is 0 Å². The van der Waals surface area contributed by atoms with Crippen LogP contribution in [0, 0.1) is 17.0 Å². The summed E-state index contributed by atoms with van der Waals surface area (Å²) in [6.07, 6.45) is 0.625.